The minimum absolute atomic E-state index is 0.0173. The fraction of sp³-hybridized carbons (Fsp3) is 0.545. The van der Waals surface area contributed by atoms with E-state index in [4.69, 9.17) is 5.73 Å². The fourth-order valence-corrected chi connectivity index (χ4v) is 13.5. The normalized spacial score (nSPS) is 23.0. The van der Waals surface area contributed by atoms with E-state index in [1.807, 2.05) is 6.07 Å². The number of hydrogen-bond donors (Lipinski definition) is 8. The maximum Gasteiger partial charge on any atom is 0.399 e. The van der Waals surface area contributed by atoms with Crippen molar-refractivity contribution >= 4 is 82.2 Å². The van der Waals surface area contributed by atoms with Crippen LogP contribution in [-0.4, -0.2) is 140 Å². The maximum absolute atomic E-state index is 14.6. The molecule has 0 spiro atoms. The summed E-state index contributed by atoms with van der Waals surface area (Å²) >= 11 is 0.924. The third-order valence-corrected chi connectivity index (χ3v) is 18.6. The molecule has 9 amide bonds. The summed E-state index contributed by atoms with van der Waals surface area (Å²) in [7, 11) is -5.86. The number of halogens is 2. The highest BCUT2D eigenvalue weighted by Crippen LogP contribution is 2.59. The third-order valence-electron chi connectivity index (χ3n) is 16.5. The smallest absolute Gasteiger partial charge is 0.370 e. The molecule has 6 aliphatic rings. The van der Waals surface area contributed by atoms with E-state index < -0.39 is 90.5 Å². The Morgan fingerprint density at radius 2 is 1.69 bits per heavy atom. The van der Waals surface area contributed by atoms with Gasteiger partial charge in [-0.2, -0.15) is 8.78 Å². The van der Waals surface area contributed by atoms with Gasteiger partial charge in [0.15, 0.2) is 0 Å². The van der Waals surface area contributed by atoms with Crippen molar-refractivity contribution in [3.05, 3.63) is 69.6 Å². The second kappa shape index (κ2) is 24.6. The molecule has 4 saturated heterocycles. The molecule has 25 heteroatoms. The second-order valence-corrected chi connectivity index (χ2v) is 24.5. The van der Waals surface area contributed by atoms with Crippen LogP contribution in [0.3, 0.4) is 0 Å². The van der Waals surface area contributed by atoms with Crippen molar-refractivity contribution in [2.24, 2.45) is 17.6 Å². The third kappa shape index (κ3) is 12.8. The van der Waals surface area contributed by atoms with Gasteiger partial charge in [0.05, 0.1) is 4.88 Å². The average molecular weight is 1150 g/mol. The molecule has 0 radical (unpaired) electrons. The number of alkyl halides is 2. The van der Waals surface area contributed by atoms with E-state index >= 15 is 0 Å². The van der Waals surface area contributed by atoms with Crippen molar-refractivity contribution in [1.82, 2.24) is 41.3 Å². The van der Waals surface area contributed by atoms with Crippen molar-refractivity contribution in [3.8, 4) is 11.8 Å². The molecule has 2 aromatic carbocycles. The monoisotopic (exact) mass is 1150 g/mol. The number of nitrogens with two attached hydrogens (primary N) is 1. The number of amides is 9. The van der Waals surface area contributed by atoms with Gasteiger partial charge in [0, 0.05) is 72.9 Å². The molecule has 1 unspecified atom stereocenters. The number of piperidine rings is 2. The largest absolute Gasteiger partial charge is 0.399 e. The number of hydrogen-bond acceptors (Lipinski definition) is 12. The number of nitrogens with one attached hydrogen (secondary N) is 5. The van der Waals surface area contributed by atoms with Crippen LogP contribution >= 0.6 is 18.9 Å². The van der Waals surface area contributed by atoms with Crippen molar-refractivity contribution in [2.45, 2.75) is 151 Å². The number of fused-ring (bicyclic) bond motifs is 3. The summed E-state index contributed by atoms with van der Waals surface area (Å²) in [6, 6.07) is 3.99. The molecule has 1 aliphatic carbocycles. The molecule has 21 nitrogen and oxygen atoms in total. The minimum atomic E-state index is -5.86. The summed E-state index contributed by atoms with van der Waals surface area (Å²) < 4.78 is 40.9. The molecular weight excluding hydrogens is 1080 g/mol. The zero-order valence-corrected chi connectivity index (χ0v) is 45.7. The molecule has 1 saturated carbocycles. The van der Waals surface area contributed by atoms with Gasteiger partial charge in [0.1, 0.15) is 30.2 Å². The van der Waals surface area contributed by atoms with E-state index in [1.165, 1.54) is 21.9 Å². The van der Waals surface area contributed by atoms with E-state index in [1.54, 1.807) is 17.0 Å². The molecule has 80 heavy (non-hydrogen) atoms. The molecular formula is C55H66F2N9O12PS. The van der Waals surface area contributed by atoms with E-state index in [0.29, 0.717) is 80.4 Å². The molecule has 9 rings (SSSR count). The zero-order chi connectivity index (χ0) is 57.0. The summed E-state index contributed by atoms with van der Waals surface area (Å²) in [4.78, 5) is 144. The molecule has 428 valence electrons. The number of rotatable bonds is 16. The highest BCUT2D eigenvalue weighted by molar-refractivity contribution is 7.52. The van der Waals surface area contributed by atoms with Gasteiger partial charge < -0.3 is 51.5 Å². The number of carbonyl (C=O) groups is 9. The SMILES string of the molecule is NC(=O)CC[C@H](NC(=O)[C@@H]1CC[C@@H]2CCNC[C@H](NC(=O)c3cc4cc(C(F)(F)P(=O)(O)O)ccc4s3)C(=O)N21)C(=O)N[C@H](C(=O)N1CCC(CCC#Cc2cccc3c2CN(C2CCC(=O)NC2=O)C3=O)CC1)C1CCCCC1. The summed E-state index contributed by atoms with van der Waals surface area (Å²) in [5.74, 6) is 1.93. The van der Waals surface area contributed by atoms with Crippen LogP contribution in [0.15, 0.2) is 42.5 Å². The highest BCUT2D eigenvalue weighted by atomic mass is 32.1. The van der Waals surface area contributed by atoms with Crippen LogP contribution in [0.25, 0.3) is 10.1 Å². The Morgan fingerprint density at radius 1 is 0.925 bits per heavy atom. The molecule has 0 bridgehead atoms. The lowest BCUT2D eigenvalue weighted by atomic mass is 9.82. The van der Waals surface area contributed by atoms with Gasteiger partial charge in [0.2, 0.25) is 41.4 Å². The fourth-order valence-electron chi connectivity index (χ4n) is 12.1. The lowest BCUT2D eigenvalue weighted by Gasteiger charge is -2.38. The van der Waals surface area contributed by atoms with Crippen LogP contribution in [-0.2, 0) is 50.3 Å². The van der Waals surface area contributed by atoms with E-state index in [0.717, 1.165) is 54.7 Å². The van der Waals surface area contributed by atoms with Crippen LogP contribution in [0.2, 0.25) is 0 Å². The average Bonchev–Trinajstić information content (AvgIpc) is 4.25. The van der Waals surface area contributed by atoms with Crippen molar-refractivity contribution in [3.63, 3.8) is 0 Å². The number of nitrogens with zero attached hydrogens (tertiary/aromatic N) is 3. The van der Waals surface area contributed by atoms with Crippen LogP contribution in [0.1, 0.15) is 139 Å². The maximum atomic E-state index is 14.6. The van der Waals surface area contributed by atoms with Crippen molar-refractivity contribution < 1.29 is 66.3 Å². The van der Waals surface area contributed by atoms with E-state index in [9.17, 15) is 66.3 Å². The van der Waals surface area contributed by atoms with Crippen molar-refractivity contribution in [1.29, 1.82) is 0 Å². The number of likely N-dealkylation sites (tertiary alicyclic amines) is 1. The Kier molecular flexibility index (Phi) is 17.9. The first-order valence-corrected chi connectivity index (χ1v) is 29.9. The summed E-state index contributed by atoms with van der Waals surface area (Å²) in [6.07, 6.45) is 8.01. The topological polar surface area (TPSA) is 307 Å². The van der Waals surface area contributed by atoms with E-state index in [-0.39, 0.29) is 85.0 Å². The number of benzene rings is 2. The molecule has 1 aromatic heterocycles. The van der Waals surface area contributed by atoms with Gasteiger partial charge in [-0.3, -0.25) is 53.0 Å². The summed E-state index contributed by atoms with van der Waals surface area (Å²) in [5.41, 5.74) is 2.12. The number of imide groups is 1. The molecule has 5 fully saturated rings. The Balaban J connectivity index is 0.818. The van der Waals surface area contributed by atoms with Gasteiger partial charge in [0.25, 0.3) is 11.8 Å². The van der Waals surface area contributed by atoms with Crippen LogP contribution in [0, 0.1) is 23.7 Å². The Labute approximate surface area is 464 Å². The lowest BCUT2D eigenvalue weighted by molar-refractivity contribution is -0.144. The van der Waals surface area contributed by atoms with E-state index in [2.05, 4.69) is 38.4 Å². The van der Waals surface area contributed by atoms with Crippen molar-refractivity contribution in [2.75, 3.05) is 26.2 Å². The number of primary amides is 1. The van der Waals surface area contributed by atoms with Crippen LogP contribution < -0.4 is 32.3 Å². The van der Waals surface area contributed by atoms with Gasteiger partial charge in [-0.05, 0) is 124 Å². The predicted molar refractivity (Wildman–Crippen MR) is 287 cm³/mol. The Bertz CT molecular complexity index is 3070. The summed E-state index contributed by atoms with van der Waals surface area (Å²) in [5, 5.41) is 14.1. The number of carbonyl (C=O) groups excluding carboxylic acids is 9. The van der Waals surface area contributed by atoms with Gasteiger partial charge in [-0.1, -0.05) is 43.2 Å². The van der Waals surface area contributed by atoms with Crippen LogP contribution in [0.5, 0.6) is 0 Å². The molecule has 6 heterocycles. The first kappa shape index (κ1) is 58.0. The first-order chi connectivity index (χ1) is 38.2. The first-order valence-electron chi connectivity index (χ1n) is 27.4. The predicted octanol–water partition coefficient (Wildman–Crippen LogP) is 3.23. The van der Waals surface area contributed by atoms with Gasteiger partial charge in [-0.25, -0.2) is 0 Å². The zero-order valence-electron chi connectivity index (χ0n) is 44.0. The molecule has 3 aromatic rings. The quantitative estimate of drug-likeness (QED) is 0.0582. The lowest BCUT2D eigenvalue weighted by Crippen LogP contribution is -2.62. The second-order valence-electron chi connectivity index (χ2n) is 21.8. The molecule has 9 N–H and O–H groups in total. The number of thiophene rings is 1. The molecule has 6 atom stereocenters. The highest BCUT2D eigenvalue weighted by Gasteiger charge is 2.51. The minimum Gasteiger partial charge on any atom is -0.370 e. The molecule has 5 aliphatic heterocycles. The Morgan fingerprint density at radius 3 is 2.41 bits per heavy atom. The van der Waals surface area contributed by atoms with Gasteiger partial charge >= 0.3 is 13.3 Å². The van der Waals surface area contributed by atoms with Crippen LogP contribution in [0.4, 0.5) is 8.78 Å². The summed E-state index contributed by atoms with van der Waals surface area (Å²) in [6.45, 7) is 1.56. The standard InChI is InChI=1S/C55H66F2N9O12PS/c56-55(57,79(76,77)78)35-13-18-43-34(27-35)28-44(80-43)51(72)61-40-29-59-24-21-36-14-16-42(66(36)53(40)74)50(71)60-39(15-19-45(58)67)48(69)63-47(33-9-2-1-3-10-33)54(75)64-25-22-31(23-26-64)7-4-5-8-32-11-6-12-37-38(32)30-65(52(37)73)41-17-20-46(68)62-49(41)70/h6,11-13,18,27-28,31,33,36,39-42,47,59H,1-4,7,9-10,14-17,19-26,29-30H2,(H2,58,67)(H,60,71)(H,61,72)(H,63,69)(H,62,68,70)(H2,76,77,78)/t36-,39+,40+,41?,42+,47+/m1/s1. The Hall–Kier alpha value is -6.64. The van der Waals surface area contributed by atoms with Gasteiger partial charge in [-0.15, -0.1) is 11.3 Å².